The van der Waals surface area contributed by atoms with Gasteiger partial charge in [-0.2, -0.15) is 5.10 Å². The van der Waals surface area contributed by atoms with Gasteiger partial charge in [-0.3, -0.25) is 0 Å². The van der Waals surface area contributed by atoms with E-state index in [-0.39, 0.29) is 0 Å². The molecular formula is C20H24ClN5OS. The van der Waals surface area contributed by atoms with Crippen molar-refractivity contribution >= 4 is 28.9 Å². The van der Waals surface area contributed by atoms with Gasteiger partial charge in [-0.05, 0) is 49.6 Å². The highest BCUT2D eigenvalue weighted by molar-refractivity contribution is 7.10. The molecule has 8 heteroatoms. The highest BCUT2D eigenvalue weighted by Crippen LogP contribution is 2.24. The lowest BCUT2D eigenvalue weighted by Gasteiger charge is -2.23. The molecule has 1 unspecified atom stereocenters. The van der Waals surface area contributed by atoms with E-state index in [2.05, 4.69) is 20.7 Å². The SMILES string of the molecule is CCNC(=NCc1cnn(-c2ccc(Cl)cc2)c1)NCC(C)(O)c1cccs1. The van der Waals surface area contributed by atoms with Crippen LogP contribution in [-0.4, -0.2) is 33.9 Å². The van der Waals surface area contributed by atoms with E-state index in [1.807, 2.05) is 54.9 Å². The molecule has 0 aliphatic rings. The van der Waals surface area contributed by atoms with Gasteiger partial charge in [0, 0.05) is 28.2 Å². The summed E-state index contributed by atoms with van der Waals surface area (Å²) >= 11 is 7.47. The number of hydrogen-bond acceptors (Lipinski definition) is 4. The summed E-state index contributed by atoms with van der Waals surface area (Å²) < 4.78 is 1.79. The van der Waals surface area contributed by atoms with Gasteiger partial charge >= 0.3 is 0 Å². The largest absolute Gasteiger partial charge is 0.383 e. The van der Waals surface area contributed by atoms with Gasteiger partial charge in [-0.25, -0.2) is 9.67 Å². The monoisotopic (exact) mass is 417 g/mol. The van der Waals surface area contributed by atoms with E-state index in [0.29, 0.717) is 24.1 Å². The van der Waals surface area contributed by atoms with Gasteiger partial charge in [0.25, 0.3) is 0 Å². The standard InChI is InChI=1S/C20H24ClN5OS/c1-3-22-19(24-14-20(2,27)18-5-4-10-28-18)23-11-15-12-25-26(13-15)17-8-6-16(21)7-9-17/h4-10,12-13,27H,3,11,14H2,1-2H3,(H2,22,23,24). The first-order chi connectivity index (χ1) is 13.5. The topological polar surface area (TPSA) is 74.5 Å². The fourth-order valence-electron chi connectivity index (χ4n) is 2.62. The van der Waals surface area contributed by atoms with E-state index < -0.39 is 5.60 Å². The molecule has 0 saturated heterocycles. The molecule has 0 fully saturated rings. The summed E-state index contributed by atoms with van der Waals surface area (Å²) in [6.45, 7) is 5.38. The number of benzene rings is 1. The molecule has 1 atom stereocenters. The highest BCUT2D eigenvalue weighted by atomic mass is 35.5. The Kier molecular flexibility index (Phi) is 6.72. The van der Waals surface area contributed by atoms with E-state index in [0.717, 1.165) is 22.7 Å². The molecule has 0 aliphatic carbocycles. The van der Waals surface area contributed by atoms with Crippen LogP contribution in [0.1, 0.15) is 24.3 Å². The lowest BCUT2D eigenvalue weighted by atomic mass is 10.1. The number of rotatable bonds is 7. The van der Waals surface area contributed by atoms with Gasteiger partial charge in [0.1, 0.15) is 5.60 Å². The predicted octanol–water partition coefficient (Wildman–Crippen LogP) is 3.55. The average molecular weight is 418 g/mol. The van der Waals surface area contributed by atoms with E-state index in [1.54, 1.807) is 17.8 Å². The zero-order valence-electron chi connectivity index (χ0n) is 15.9. The Labute approximate surface area is 173 Å². The molecule has 28 heavy (non-hydrogen) atoms. The van der Waals surface area contributed by atoms with E-state index in [4.69, 9.17) is 11.6 Å². The van der Waals surface area contributed by atoms with Crippen molar-refractivity contribution in [1.29, 1.82) is 0 Å². The molecule has 2 aromatic heterocycles. The first-order valence-corrected chi connectivity index (χ1v) is 10.3. The molecule has 0 spiro atoms. The molecule has 3 N–H and O–H groups in total. The third-order valence-corrected chi connectivity index (χ3v) is 5.52. The molecule has 1 aromatic carbocycles. The number of nitrogens with one attached hydrogen (secondary N) is 2. The van der Waals surface area contributed by atoms with Crippen molar-refractivity contribution < 1.29 is 5.11 Å². The fourth-order valence-corrected chi connectivity index (χ4v) is 3.53. The minimum atomic E-state index is -0.955. The van der Waals surface area contributed by atoms with Crippen molar-refractivity contribution in [3.05, 3.63) is 69.6 Å². The molecule has 3 rings (SSSR count). The number of hydrogen-bond donors (Lipinski definition) is 3. The molecule has 6 nitrogen and oxygen atoms in total. The zero-order valence-corrected chi connectivity index (χ0v) is 17.5. The van der Waals surface area contributed by atoms with Crippen LogP contribution in [0, 0.1) is 0 Å². The molecule has 0 amide bonds. The number of aliphatic hydroxyl groups is 1. The van der Waals surface area contributed by atoms with Gasteiger partial charge in [0.15, 0.2) is 5.96 Å². The number of thiophene rings is 1. The van der Waals surface area contributed by atoms with Crippen LogP contribution in [0.25, 0.3) is 5.69 Å². The van der Waals surface area contributed by atoms with E-state index in [9.17, 15) is 5.11 Å². The van der Waals surface area contributed by atoms with Crippen molar-refractivity contribution in [3.8, 4) is 5.69 Å². The first kappa shape index (κ1) is 20.4. The second-order valence-electron chi connectivity index (χ2n) is 6.57. The molecule has 0 aliphatic heterocycles. The zero-order chi connectivity index (χ0) is 20.0. The quantitative estimate of drug-likeness (QED) is 0.406. The summed E-state index contributed by atoms with van der Waals surface area (Å²) in [5, 5.41) is 24.1. The summed E-state index contributed by atoms with van der Waals surface area (Å²) in [7, 11) is 0. The number of aromatic nitrogens is 2. The summed E-state index contributed by atoms with van der Waals surface area (Å²) in [4.78, 5) is 5.52. The average Bonchev–Trinajstić information content (AvgIpc) is 3.37. The predicted molar refractivity (Wildman–Crippen MR) is 115 cm³/mol. The van der Waals surface area contributed by atoms with Crippen molar-refractivity contribution in [2.75, 3.05) is 13.1 Å². The van der Waals surface area contributed by atoms with Crippen LogP contribution in [0.2, 0.25) is 5.02 Å². The molecule has 0 bridgehead atoms. The van der Waals surface area contributed by atoms with Crippen LogP contribution >= 0.6 is 22.9 Å². The van der Waals surface area contributed by atoms with Crippen LogP contribution in [0.3, 0.4) is 0 Å². The van der Waals surface area contributed by atoms with Crippen LogP contribution < -0.4 is 10.6 Å². The first-order valence-electron chi connectivity index (χ1n) is 9.06. The van der Waals surface area contributed by atoms with Crippen LogP contribution in [0.5, 0.6) is 0 Å². The molecule has 148 valence electrons. The van der Waals surface area contributed by atoms with Crippen molar-refractivity contribution in [2.45, 2.75) is 26.0 Å². The fraction of sp³-hybridized carbons (Fsp3) is 0.300. The van der Waals surface area contributed by atoms with Crippen molar-refractivity contribution in [2.24, 2.45) is 4.99 Å². The third kappa shape index (κ3) is 5.34. The minimum Gasteiger partial charge on any atom is -0.383 e. The third-order valence-electron chi connectivity index (χ3n) is 4.14. The number of nitrogens with zero attached hydrogens (tertiary/aromatic N) is 3. The maximum atomic E-state index is 10.7. The molecule has 2 heterocycles. The highest BCUT2D eigenvalue weighted by Gasteiger charge is 2.24. The minimum absolute atomic E-state index is 0.364. The van der Waals surface area contributed by atoms with E-state index >= 15 is 0 Å². The Bertz CT molecular complexity index is 903. The Balaban J connectivity index is 1.63. The van der Waals surface area contributed by atoms with Crippen LogP contribution in [-0.2, 0) is 12.1 Å². The van der Waals surface area contributed by atoms with Gasteiger partial charge in [0.2, 0.25) is 0 Å². The summed E-state index contributed by atoms with van der Waals surface area (Å²) in [6, 6.07) is 11.4. The van der Waals surface area contributed by atoms with Gasteiger partial charge in [0.05, 0.1) is 25.0 Å². The summed E-state index contributed by atoms with van der Waals surface area (Å²) in [6.07, 6.45) is 3.74. The summed E-state index contributed by atoms with van der Waals surface area (Å²) in [5.41, 5.74) is 0.970. The molecule has 0 saturated carbocycles. The number of halogens is 1. The molecule has 0 radical (unpaired) electrons. The Morgan fingerprint density at radius 1 is 1.29 bits per heavy atom. The lowest BCUT2D eigenvalue weighted by Crippen LogP contribution is -2.44. The number of aliphatic imine (C=N–C) groups is 1. The molecule has 3 aromatic rings. The lowest BCUT2D eigenvalue weighted by molar-refractivity contribution is 0.0655. The second-order valence-corrected chi connectivity index (χ2v) is 7.95. The van der Waals surface area contributed by atoms with Crippen LogP contribution in [0.15, 0.2) is 59.2 Å². The van der Waals surface area contributed by atoms with Crippen LogP contribution in [0.4, 0.5) is 0 Å². The van der Waals surface area contributed by atoms with Crippen molar-refractivity contribution in [3.63, 3.8) is 0 Å². The number of guanidine groups is 1. The summed E-state index contributed by atoms with van der Waals surface area (Å²) in [5.74, 6) is 0.651. The second kappa shape index (κ2) is 9.23. The van der Waals surface area contributed by atoms with Gasteiger partial charge < -0.3 is 15.7 Å². The normalized spacial score (nSPS) is 13.9. The maximum absolute atomic E-state index is 10.7. The Morgan fingerprint density at radius 2 is 2.07 bits per heavy atom. The smallest absolute Gasteiger partial charge is 0.191 e. The van der Waals surface area contributed by atoms with Crippen molar-refractivity contribution in [1.82, 2.24) is 20.4 Å². The van der Waals surface area contributed by atoms with Gasteiger partial charge in [-0.15, -0.1) is 11.3 Å². The van der Waals surface area contributed by atoms with Gasteiger partial charge in [-0.1, -0.05) is 17.7 Å². The Hall–Kier alpha value is -2.35. The van der Waals surface area contributed by atoms with E-state index in [1.165, 1.54) is 11.3 Å². The molecular weight excluding hydrogens is 394 g/mol. The maximum Gasteiger partial charge on any atom is 0.191 e. The Morgan fingerprint density at radius 3 is 2.75 bits per heavy atom.